The monoisotopic (exact) mass is 261 g/mol. The number of hydrogen-bond donors (Lipinski definition) is 2. The summed E-state index contributed by atoms with van der Waals surface area (Å²) in [6, 6.07) is 9.92. The Bertz CT molecular complexity index is 516. The second-order valence-electron chi connectivity index (χ2n) is 3.78. The number of benzene rings is 1. The van der Waals surface area contributed by atoms with E-state index < -0.39 is 6.10 Å². The Balaban J connectivity index is 2.32. The van der Waals surface area contributed by atoms with Crippen molar-refractivity contribution in [1.29, 1.82) is 0 Å². The summed E-state index contributed by atoms with van der Waals surface area (Å²) < 4.78 is 0. The van der Waals surface area contributed by atoms with Crippen LogP contribution in [-0.4, -0.2) is 27.9 Å². The van der Waals surface area contributed by atoms with E-state index in [0.29, 0.717) is 5.82 Å². The van der Waals surface area contributed by atoms with Crippen molar-refractivity contribution < 1.29 is 5.11 Å². The quantitative estimate of drug-likeness (QED) is 0.822. The molecule has 0 saturated heterocycles. The average Bonchev–Trinajstić information content (AvgIpc) is 2.46. The molecule has 0 spiro atoms. The first-order valence-corrected chi connectivity index (χ1v) is 6.82. The Hall–Kier alpha value is -1.43. The lowest BCUT2D eigenvalue weighted by molar-refractivity contribution is 0.176. The second-order valence-corrected chi connectivity index (χ2v) is 4.66. The summed E-state index contributed by atoms with van der Waals surface area (Å²) in [4.78, 5) is 9.55. The van der Waals surface area contributed by atoms with Gasteiger partial charge in [0.1, 0.15) is 6.10 Å². The standard InChI is InChI=1S/C13H15N3OS/c1-18-10-4-2-9(3-5-10)11-6-7-15-13(16-11)12(17)8-14/h2-7,12,17H,8,14H2,1H3. The minimum atomic E-state index is -0.810. The molecule has 2 rings (SSSR count). The van der Waals surface area contributed by atoms with Crippen LogP contribution in [-0.2, 0) is 0 Å². The molecule has 1 aromatic carbocycles. The third-order valence-corrected chi connectivity index (χ3v) is 3.32. The highest BCUT2D eigenvalue weighted by Gasteiger charge is 2.09. The lowest BCUT2D eigenvalue weighted by Crippen LogP contribution is -2.14. The molecule has 0 bridgehead atoms. The van der Waals surface area contributed by atoms with Crippen molar-refractivity contribution in [3.63, 3.8) is 0 Å². The minimum Gasteiger partial charge on any atom is -0.384 e. The molecule has 2 aromatic rings. The summed E-state index contributed by atoms with van der Waals surface area (Å²) in [5, 5.41) is 9.63. The normalized spacial score (nSPS) is 12.4. The van der Waals surface area contributed by atoms with Crippen LogP contribution >= 0.6 is 11.8 Å². The van der Waals surface area contributed by atoms with Gasteiger partial charge >= 0.3 is 0 Å². The molecule has 0 radical (unpaired) electrons. The van der Waals surface area contributed by atoms with Gasteiger partial charge in [-0.3, -0.25) is 0 Å². The summed E-state index contributed by atoms with van der Waals surface area (Å²) in [6.45, 7) is 0.120. The Kier molecular flexibility index (Phi) is 4.30. The van der Waals surface area contributed by atoms with Crippen molar-refractivity contribution in [1.82, 2.24) is 9.97 Å². The number of aliphatic hydroxyl groups is 1. The average molecular weight is 261 g/mol. The summed E-state index contributed by atoms with van der Waals surface area (Å²) in [5.41, 5.74) is 7.19. The molecule has 0 aliphatic rings. The van der Waals surface area contributed by atoms with Gasteiger partial charge in [0.15, 0.2) is 5.82 Å². The third-order valence-electron chi connectivity index (χ3n) is 2.58. The maximum atomic E-state index is 9.63. The number of rotatable bonds is 4. The van der Waals surface area contributed by atoms with Crippen LogP contribution in [0.3, 0.4) is 0 Å². The predicted molar refractivity (Wildman–Crippen MR) is 73.3 cm³/mol. The predicted octanol–water partition coefficient (Wildman–Crippen LogP) is 1.86. The Morgan fingerprint density at radius 1 is 1.28 bits per heavy atom. The molecular formula is C13H15N3OS. The lowest BCUT2D eigenvalue weighted by atomic mass is 10.1. The second kappa shape index (κ2) is 5.95. The van der Waals surface area contributed by atoms with Crippen LogP contribution in [0.2, 0.25) is 0 Å². The van der Waals surface area contributed by atoms with Crippen LogP contribution < -0.4 is 5.73 Å². The molecule has 1 atom stereocenters. The van der Waals surface area contributed by atoms with Gasteiger partial charge in [0.05, 0.1) is 5.69 Å². The zero-order chi connectivity index (χ0) is 13.0. The summed E-state index contributed by atoms with van der Waals surface area (Å²) >= 11 is 1.70. The van der Waals surface area contributed by atoms with Gasteiger partial charge in [0, 0.05) is 23.2 Å². The van der Waals surface area contributed by atoms with E-state index in [1.165, 1.54) is 4.90 Å². The van der Waals surface area contributed by atoms with Crippen LogP contribution in [0.25, 0.3) is 11.3 Å². The Labute approximate surface area is 110 Å². The minimum absolute atomic E-state index is 0.120. The topological polar surface area (TPSA) is 72.0 Å². The Morgan fingerprint density at radius 3 is 2.61 bits per heavy atom. The smallest absolute Gasteiger partial charge is 0.158 e. The van der Waals surface area contributed by atoms with Gasteiger partial charge in [-0.2, -0.15) is 0 Å². The van der Waals surface area contributed by atoms with E-state index in [-0.39, 0.29) is 6.54 Å². The zero-order valence-electron chi connectivity index (χ0n) is 10.1. The van der Waals surface area contributed by atoms with Crippen LogP contribution in [0.15, 0.2) is 41.4 Å². The molecule has 5 heteroatoms. The molecule has 1 unspecified atom stereocenters. The van der Waals surface area contributed by atoms with E-state index in [2.05, 4.69) is 9.97 Å². The fourth-order valence-corrected chi connectivity index (χ4v) is 1.97. The van der Waals surface area contributed by atoms with Gasteiger partial charge in [-0.15, -0.1) is 11.8 Å². The van der Waals surface area contributed by atoms with Gasteiger partial charge < -0.3 is 10.8 Å². The van der Waals surface area contributed by atoms with E-state index in [4.69, 9.17) is 5.73 Å². The number of thioether (sulfide) groups is 1. The lowest BCUT2D eigenvalue weighted by Gasteiger charge is -2.08. The third kappa shape index (κ3) is 2.87. The Morgan fingerprint density at radius 2 is 2.00 bits per heavy atom. The van der Waals surface area contributed by atoms with Crippen molar-refractivity contribution in [2.24, 2.45) is 5.73 Å². The van der Waals surface area contributed by atoms with E-state index in [1.807, 2.05) is 36.6 Å². The summed E-state index contributed by atoms with van der Waals surface area (Å²) in [6.07, 6.45) is 2.87. The first kappa shape index (κ1) is 13.0. The van der Waals surface area contributed by atoms with E-state index in [9.17, 15) is 5.11 Å². The molecule has 0 fully saturated rings. The first-order chi connectivity index (χ1) is 8.74. The van der Waals surface area contributed by atoms with Gasteiger partial charge in [0.2, 0.25) is 0 Å². The van der Waals surface area contributed by atoms with E-state index >= 15 is 0 Å². The number of nitrogens with zero attached hydrogens (tertiary/aromatic N) is 2. The molecule has 0 amide bonds. The van der Waals surface area contributed by atoms with Crippen LogP contribution in [0, 0.1) is 0 Å². The number of nitrogens with two attached hydrogens (primary N) is 1. The highest BCUT2D eigenvalue weighted by atomic mass is 32.2. The highest BCUT2D eigenvalue weighted by Crippen LogP contribution is 2.22. The van der Waals surface area contributed by atoms with Crippen LogP contribution in [0.4, 0.5) is 0 Å². The van der Waals surface area contributed by atoms with Crippen LogP contribution in [0.1, 0.15) is 11.9 Å². The molecule has 0 aliphatic carbocycles. The largest absolute Gasteiger partial charge is 0.384 e. The van der Waals surface area contributed by atoms with E-state index in [0.717, 1.165) is 11.3 Å². The van der Waals surface area contributed by atoms with Gasteiger partial charge in [-0.1, -0.05) is 12.1 Å². The maximum Gasteiger partial charge on any atom is 0.158 e. The maximum absolute atomic E-state index is 9.63. The van der Waals surface area contributed by atoms with Crippen LogP contribution in [0.5, 0.6) is 0 Å². The van der Waals surface area contributed by atoms with Gasteiger partial charge in [-0.25, -0.2) is 9.97 Å². The van der Waals surface area contributed by atoms with Gasteiger partial charge in [0.25, 0.3) is 0 Å². The molecule has 1 heterocycles. The summed E-state index contributed by atoms with van der Waals surface area (Å²) in [7, 11) is 0. The molecule has 0 aliphatic heterocycles. The number of aliphatic hydroxyl groups excluding tert-OH is 1. The first-order valence-electron chi connectivity index (χ1n) is 5.60. The molecule has 4 nitrogen and oxygen atoms in total. The van der Waals surface area contributed by atoms with Crippen molar-refractivity contribution in [2.45, 2.75) is 11.0 Å². The SMILES string of the molecule is CSc1ccc(-c2ccnc(C(O)CN)n2)cc1. The molecular weight excluding hydrogens is 246 g/mol. The number of hydrogen-bond acceptors (Lipinski definition) is 5. The van der Waals surface area contributed by atoms with Crippen molar-refractivity contribution in [3.05, 3.63) is 42.4 Å². The highest BCUT2D eigenvalue weighted by molar-refractivity contribution is 7.98. The fraction of sp³-hybridized carbons (Fsp3) is 0.231. The van der Waals surface area contributed by atoms with E-state index in [1.54, 1.807) is 18.0 Å². The zero-order valence-corrected chi connectivity index (χ0v) is 10.9. The summed E-state index contributed by atoms with van der Waals surface area (Å²) in [5.74, 6) is 0.365. The molecule has 0 saturated carbocycles. The fourth-order valence-electron chi connectivity index (χ4n) is 1.56. The molecule has 94 valence electrons. The van der Waals surface area contributed by atoms with Gasteiger partial charge in [-0.05, 0) is 24.5 Å². The van der Waals surface area contributed by atoms with Crippen molar-refractivity contribution in [2.75, 3.05) is 12.8 Å². The van der Waals surface area contributed by atoms with Crippen molar-refractivity contribution >= 4 is 11.8 Å². The number of aromatic nitrogens is 2. The molecule has 1 aromatic heterocycles. The molecule has 18 heavy (non-hydrogen) atoms. The van der Waals surface area contributed by atoms with Crippen molar-refractivity contribution in [3.8, 4) is 11.3 Å². The molecule has 3 N–H and O–H groups in total.